The van der Waals surface area contributed by atoms with Crippen LogP contribution >= 0.6 is 15.9 Å². The van der Waals surface area contributed by atoms with Crippen molar-refractivity contribution in [2.75, 3.05) is 13.1 Å². The first-order valence-electron chi connectivity index (χ1n) is 5.79. The molecule has 1 fully saturated rings. The Morgan fingerprint density at radius 1 is 1.33 bits per heavy atom. The van der Waals surface area contributed by atoms with Crippen LogP contribution in [0.1, 0.15) is 31.4 Å². The molecule has 0 spiro atoms. The molecule has 0 radical (unpaired) electrons. The van der Waals surface area contributed by atoms with Crippen LogP contribution in [-0.2, 0) is 6.42 Å². The Bertz CT molecular complexity index is 290. The Morgan fingerprint density at radius 2 is 2.27 bits per heavy atom. The van der Waals surface area contributed by atoms with Crippen LogP contribution in [0.5, 0.6) is 0 Å². The van der Waals surface area contributed by atoms with Crippen LogP contribution in [0.2, 0.25) is 0 Å². The summed E-state index contributed by atoms with van der Waals surface area (Å²) in [5.41, 5.74) is 0. The van der Waals surface area contributed by atoms with Gasteiger partial charge in [0.05, 0.1) is 0 Å². The Morgan fingerprint density at radius 3 is 3.07 bits per heavy atom. The maximum absolute atomic E-state index is 5.51. The molecule has 84 valence electrons. The first kappa shape index (κ1) is 11.2. The summed E-state index contributed by atoms with van der Waals surface area (Å²) in [5, 5.41) is 3.45. The van der Waals surface area contributed by atoms with Gasteiger partial charge in [-0.05, 0) is 72.8 Å². The molecule has 1 N–H and O–H groups in total. The Labute approximate surface area is 99.6 Å². The van der Waals surface area contributed by atoms with E-state index in [1.165, 1.54) is 38.8 Å². The van der Waals surface area contributed by atoms with Crippen molar-refractivity contribution in [2.45, 2.75) is 32.1 Å². The topological polar surface area (TPSA) is 25.2 Å². The third kappa shape index (κ3) is 3.65. The second-order valence-corrected chi connectivity index (χ2v) is 5.07. The van der Waals surface area contributed by atoms with Crippen molar-refractivity contribution >= 4 is 15.9 Å². The van der Waals surface area contributed by atoms with E-state index in [2.05, 4.69) is 27.3 Å². The highest BCUT2D eigenvalue weighted by molar-refractivity contribution is 9.10. The predicted molar refractivity (Wildman–Crippen MR) is 64.9 cm³/mol. The third-order valence-electron chi connectivity index (χ3n) is 3.12. The number of hydrogen-bond acceptors (Lipinski definition) is 2. The molecule has 0 bridgehead atoms. The van der Waals surface area contributed by atoms with Crippen molar-refractivity contribution in [2.24, 2.45) is 5.92 Å². The SMILES string of the molecule is Brc1ccc(CCC2CCCNCC2)o1. The highest BCUT2D eigenvalue weighted by Crippen LogP contribution is 2.22. The molecule has 0 aliphatic carbocycles. The molecule has 3 heteroatoms. The fourth-order valence-corrected chi connectivity index (χ4v) is 2.55. The average molecular weight is 272 g/mol. The predicted octanol–water partition coefficient (Wildman–Crippen LogP) is 3.36. The first-order chi connectivity index (χ1) is 7.34. The molecule has 0 saturated carbocycles. The number of halogens is 1. The zero-order valence-corrected chi connectivity index (χ0v) is 10.6. The summed E-state index contributed by atoms with van der Waals surface area (Å²) in [7, 11) is 0. The van der Waals surface area contributed by atoms with Gasteiger partial charge in [0.2, 0.25) is 0 Å². The third-order valence-corrected chi connectivity index (χ3v) is 3.55. The molecule has 15 heavy (non-hydrogen) atoms. The van der Waals surface area contributed by atoms with Gasteiger partial charge in [0.15, 0.2) is 4.67 Å². The van der Waals surface area contributed by atoms with Crippen LogP contribution in [0.4, 0.5) is 0 Å². The largest absolute Gasteiger partial charge is 0.454 e. The number of nitrogens with one attached hydrogen (secondary N) is 1. The molecule has 1 aromatic rings. The van der Waals surface area contributed by atoms with Gasteiger partial charge < -0.3 is 9.73 Å². The van der Waals surface area contributed by atoms with E-state index in [9.17, 15) is 0 Å². The van der Waals surface area contributed by atoms with Crippen molar-refractivity contribution in [3.05, 3.63) is 22.6 Å². The maximum Gasteiger partial charge on any atom is 0.169 e. The normalized spacial score (nSPS) is 22.6. The van der Waals surface area contributed by atoms with E-state index >= 15 is 0 Å². The van der Waals surface area contributed by atoms with Crippen LogP contribution in [-0.4, -0.2) is 13.1 Å². The Hall–Kier alpha value is -0.280. The van der Waals surface area contributed by atoms with Gasteiger partial charge in [-0.15, -0.1) is 0 Å². The summed E-state index contributed by atoms with van der Waals surface area (Å²) in [5.74, 6) is 1.99. The molecule has 1 aromatic heterocycles. The molecule has 1 unspecified atom stereocenters. The van der Waals surface area contributed by atoms with Gasteiger partial charge in [-0.1, -0.05) is 0 Å². The van der Waals surface area contributed by atoms with Gasteiger partial charge in [0.25, 0.3) is 0 Å². The van der Waals surface area contributed by atoms with Gasteiger partial charge >= 0.3 is 0 Å². The lowest BCUT2D eigenvalue weighted by molar-refractivity contribution is 0.406. The van der Waals surface area contributed by atoms with E-state index in [0.717, 1.165) is 22.8 Å². The van der Waals surface area contributed by atoms with Gasteiger partial charge in [0.1, 0.15) is 5.76 Å². The van der Waals surface area contributed by atoms with Crippen molar-refractivity contribution in [3.63, 3.8) is 0 Å². The Kier molecular flexibility index (Phi) is 4.27. The molecule has 0 aromatic carbocycles. The van der Waals surface area contributed by atoms with E-state index in [-0.39, 0.29) is 0 Å². The van der Waals surface area contributed by atoms with Crippen molar-refractivity contribution in [3.8, 4) is 0 Å². The fourth-order valence-electron chi connectivity index (χ4n) is 2.21. The highest BCUT2D eigenvalue weighted by Gasteiger charge is 2.12. The quantitative estimate of drug-likeness (QED) is 0.912. The summed E-state index contributed by atoms with van der Waals surface area (Å²) >= 11 is 3.33. The minimum atomic E-state index is 0.847. The smallest absolute Gasteiger partial charge is 0.169 e. The summed E-state index contributed by atoms with van der Waals surface area (Å²) < 4.78 is 6.35. The minimum absolute atomic E-state index is 0.847. The zero-order chi connectivity index (χ0) is 10.5. The lowest BCUT2D eigenvalue weighted by Crippen LogP contribution is -2.14. The molecule has 2 heterocycles. The molecule has 0 amide bonds. The molecular weight excluding hydrogens is 254 g/mol. The average Bonchev–Trinajstić information content (AvgIpc) is 2.52. The van der Waals surface area contributed by atoms with E-state index in [4.69, 9.17) is 4.42 Å². The van der Waals surface area contributed by atoms with Crippen LogP contribution in [0.25, 0.3) is 0 Å². The van der Waals surface area contributed by atoms with Crippen LogP contribution in [0.15, 0.2) is 21.2 Å². The van der Waals surface area contributed by atoms with Gasteiger partial charge in [-0.2, -0.15) is 0 Å². The maximum atomic E-state index is 5.51. The minimum Gasteiger partial charge on any atom is -0.454 e. The zero-order valence-electron chi connectivity index (χ0n) is 8.97. The van der Waals surface area contributed by atoms with Crippen LogP contribution in [0.3, 0.4) is 0 Å². The molecule has 2 rings (SSSR count). The van der Waals surface area contributed by atoms with Gasteiger partial charge in [-0.3, -0.25) is 0 Å². The first-order valence-corrected chi connectivity index (χ1v) is 6.59. The second kappa shape index (κ2) is 5.71. The summed E-state index contributed by atoms with van der Waals surface area (Å²) in [6.07, 6.45) is 6.36. The van der Waals surface area contributed by atoms with Crippen LogP contribution in [0, 0.1) is 5.92 Å². The lowest BCUT2D eigenvalue weighted by Gasteiger charge is -2.11. The summed E-state index contributed by atoms with van der Waals surface area (Å²) in [6.45, 7) is 2.38. The second-order valence-electron chi connectivity index (χ2n) is 4.29. The molecule has 1 saturated heterocycles. The number of furan rings is 1. The highest BCUT2D eigenvalue weighted by atomic mass is 79.9. The van der Waals surface area contributed by atoms with E-state index in [1.54, 1.807) is 0 Å². The van der Waals surface area contributed by atoms with E-state index < -0.39 is 0 Å². The number of rotatable bonds is 3. The van der Waals surface area contributed by atoms with Gasteiger partial charge in [0, 0.05) is 6.42 Å². The standard InChI is InChI=1S/C12H18BrNO/c13-12-6-5-11(15-12)4-3-10-2-1-8-14-9-7-10/h5-6,10,14H,1-4,7-9H2. The van der Waals surface area contributed by atoms with Gasteiger partial charge in [-0.25, -0.2) is 0 Å². The van der Waals surface area contributed by atoms with Crippen LogP contribution < -0.4 is 5.32 Å². The lowest BCUT2D eigenvalue weighted by atomic mass is 9.95. The molecule has 2 nitrogen and oxygen atoms in total. The van der Waals surface area contributed by atoms with E-state index in [1.807, 2.05) is 6.07 Å². The molecule has 1 aliphatic heterocycles. The van der Waals surface area contributed by atoms with E-state index in [0.29, 0.717) is 0 Å². The number of aryl methyl sites for hydroxylation is 1. The van der Waals surface area contributed by atoms with Crippen molar-refractivity contribution in [1.29, 1.82) is 0 Å². The number of hydrogen-bond donors (Lipinski definition) is 1. The van der Waals surface area contributed by atoms with Crippen molar-refractivity contribution in [1.82, 2.24) is 5.32 Å². The molecule has 1 aliphatic rings. The summed E-state index contributed by atoms with van der Waals surface area (Å²) in [6, 6.07) is 4.04. The Balaban J connectivity index is 1.76. The fraction of sp³-hybridized carbons (Fsp3) is 0.667. The molecular formula is C12H18BrNO. The summed E-state index contributed by atoms with van der Waals surface area (Å²) in [4.78, 5) is 0. The molecule has 1 atom stereocenters. The monoisotopic (exact) mass is 271 g/mol. The van der Waals surface area contributed by atoms with Crippen molar-refractivity contribution < 1.29 is 4.42 Å².